The molecule has 3 atom stereocenters. The quantitative estimate of drug-likeness (QED) is 0.0170. The summed E-state index contributed by atoms with van der Waals surface area (Å²) in [5, 5.41) is 37.3. The largest absolute Gasteiger partial charge is 0.480 e. The molecule has 0 bridgehead atoms. The van der Waals surface area contributed by atoms with Crippen molar-refractivity contribution in [3.05, 3.63) is 0 Å². The second kappa shape index (κ2) is 31.1. The summed E-state index contributed by atoms with van der Waals surface area (Å²) in [4.78, 5) is 86.7. The molecule has 0 aromatic carbocycles. The number of primary amides is 1. The van der Waals surface area contributed by atoms with Gasteiger partial charge in [0.1, 0.15) is 25.7 Å². The number of carboxylic acid groups (broad SMARTS) is 3. The van der Waals surface area contributed by atoms with Gasteiger partial charge in [0.15, 0.2) is 0 Å². The van der Waals surface area contributed by atoms with Crippen molar-refractivity contribution in [1.29, 1.82) is 0 Å². The van der Waals surface area contributed by atoms with Gasteiger partial charge in [-0.1, -0.05) is 6.42 Å². The Hall–Kier alpha value is -3.91. The van der Waals surface area contributed by atoms with Gasteiger partial charge in [0.05, 0.1) is 72.0 Å². The number of nitrogens with zero attached hydrogens (tertiary/aromatic N) is 3. The first-order valence-electron chi connectivity index (χ1n) is 19.2. The number of hydrogen-bond donors (Lipinski definition) is 8. The number of unbranched alkanes of at least 4 members (excludes halogenated alkanes) is 1. The standard InChI is InChI=1S/C35H64N8O15/c1-35(43(12-13-44)21-32(49)50)23-41(20-31(47)48)10-11-42(24-35)28(34(52)53)5-6-29(45)39-8-14-54-16-18-56-22-30(46)40-9-15-55-17-19-57-26-58-25-38-7-3-2-4-27(36)33(37)51/h13,27-28,38H,2-12,14-26,36H2,1H3,(H2,37,51)(H,39,45)(H,40,46)(H,47,48)(H,49,50)(H,52,53). The average Bonchev–Trinajstić information content (AvgIpc) is 3.31. The zero-order chi connectivity index (χ0) is 43.2. The van der Waals surface area contributed by atoms with Crippen molar-refractivity contribution in [2.75, 3.05) is 125 Å². The van der Waals surface area contributed by atoms with E-state index in [9.17, 15) is 48.9 Å². The summed E-state index contributed by atoms with van der Waals surface area (Å²) < 4.78 is 26.7. The van der Waals surface area contributed by atoms with Crippen LogP contribution in [0.15, 0.2) is 0 Å². The predicted octanol–water partition coefficient (Wildman–Crippen LogP) is -3.93. The zero-order valence-corrected chi connectivity index (χ0v) is 33.4. The van der Waals surface area contributed by atoms with Crippen molar-refractivity contribution in [1.82, 2.24) is 30.7 Å². The maximum Gasteiger partial charge on any atom is 0.320 e. The molecule has 0 spiro atoms. The summed E-state index contributed by atoms with van der Waals surface area (Å²) in [7, 11) is 0. The second-order valence-electron chi connectivity index (χ2n) is 13.8. The van der Waals surface area contributed by atoms with E-state index >= 15 is 0 Å². The predicted molar refractivity (Wildman–Crippen MR) is 204 cm³/mol. The number of nitrogens with two attached hydrogens (primary N) is 2. The number of amides is 3. The minimum absolute atomic E-state index is 0.0177. The Kier molecular flexibility index (Phi) is 27.9. The fourth-order valence-electron chi connectivity index (χ4n) is 5.98. The molecule has 3 unspecified atom stereocenters. The Labute approximate surface area is 338 Å². The van der Waals surface area contributed by atoms with Crippen molar-refractivity contribution in [3.63, 3.8) is 0 Å². The monoisotopic (exact) mass is 836 g/mol. The zero-order valence-electron chi connectivity index (χ0n) is 33.4. The molecule has 0 aliphatic carbocycles. The molecule has 1 heterocycles. The molecule has 23 heteroatoms. The van der Waals surface area contributed by atoms with E-state index in [0.29, 0.717) is 39.2 Å². The Bertz CT molecular complexity index is 1250. The summed E-state index contributed by atoms with van der Waals surface area (Å²) in [5.41, 5.74) is 9.58. The molecule has 3 amide bonds. The summed E-state index contributed by atoms with van der Waals surface area (Å²) >= 11 is 0. The Morgan fingerprint density at radius 1 is 0.810 bits per heavy atom. The van der Waals surface area contributed by atoms with Gasteiger partial charge in [-0.25, -0.2) is 0 Å². The maximum atomic E-state index is 12.5. The van der Waals surface area contributed by atoms with Crippen LogP contribution in [-0.2, 0) is 57.2 Å². The molecule has 334 valence electrons. The lowest BCUT2D eigenvalue weighted by atomic mass is 9.96. The highest BCUT2D eigenvalue weighted by Crippen LogP contribution is 2.24. The minimum atomic E-state index is -1.20. The van der Waals surface area contributed by atoms with Gasteiger partial charge >= 0.3 is 17.9 Å². The molecular weight excluding hydrogens is 772 g/mol. The first-order chi connectivity index (χ1) is 27.7. The van der Waals surface area contributed by atoms with Crippen molar-refractivity contribution < 1.29 is 72.6 Å². The van der Waals surface area contributed by atoms with E-state index in [1.165, 1.54) is 4.90 Å². The van der Waals surface area contributed by atoms with Gasteiger partial charge in [-0.15, -0.1) is 0 Å². The number of carbonyl (C=O) groups excluding carboxylic acids is 4. The van der Waals surface area contributed by atoms with E-state index < -0.39 is 53.9 Å². The number of aliphatic carboxylic acids is 3. The van der Waals surface area contributed by atoms with Gasteiger partial charge in [-0.3, -0.25) is 48.8 Å². The first-order valence-corrected chi connectivity index (χ1v) is 19.2. The smallest absolute Gasteiger partial charge is 0.320 e. The molecule has 0 aromatic rings. The van der Waals surface area contributed by atoms with E-state index in [4.69, 9.17) is 35.2 Å². The van der Waals surface area contributed by atoms with Crippen LogP contribution in [0, 0.1) is 0 Å². The van der Waals surface area contributed by atoms with E-state index in [0.717, 1.165) is 12.8 Å². The van der Waals surface area contributed by atoms with Gasteiger partial charge in [0.2, 0.25) is 17.7 Å². The molecule has 0 radical (unpaired) electrons. The molecule has 0 saturated carbocycles. The first kappa shape index (κ1) is 52.1. The molecule has 1 aliphatic heterocycles. The number of nitrogens with one attached hydrogen (secondary N) is 3. The Morgan fingerprint density at radius 3 is 2.09 bits per heavy atom. The highest BCUT2D eigenvalue weighted by atomic mass is 16.7. The van der Waals surface area contributed by atoms with Gasteiger partial charge in [0.25, 0.3) is 0 Å². The molecule has 10 N–H and O–H groups in total. The van der Waals surface area contributed by atoms with E-state index in [-0.39, 0.29) is 111 Å². The number of hydrogen-bond acceptors (Lipinski definition) is 17. The van der Waals surface area contributed by atoms with E-state index in [1.54, 1.807) is 16.7 Å². The summed E-state index contributed by atoms with van der Waals surface area (Å²) in [6.45, 7) is 3.68. The number of ether oxygens (including phenoxy) is 5. The summed E-state index contributed by atoms with van der Waals surface area (Å²) in [6.07, 6.45) is 2.49. The fraction of sp³-hybridized carbons (Fsp3) is 0.800. The molecule has 1 rings (SSSR count). The van der Waals surface area contributed by atoms with Crippen LogP contribution in [-0.4, -0.2) is 215 Å². The van der Waals surface area contributed by atoms with Crippen LogP contribution in [0.3, 0.4) is 0 Å². The van der Waals surface area contributed by atoms with Crippen molar-refractivity contribution in [2.24, 2.45) is 11.5 Å². The molecule has 1 fully saturated rings. The third-order valence-electron chi connectivity index (χ3n) is 8.89. The summed E-state index contributed by atoms with van der Waals surface area (Å²) in [5.74, 6) is -4.75. The maximum absolute atomic E-state index is 12.5. The van der Waals surface area contributed by atoms with Crippen LogP contribution < -0.4 is 27.4 Å². The highest BCUT2D eigenvalue weighted by molar-refractivity contribution is 5.79. The number of rotatable bonds is 36. The molecule has 0 aromatic heterocycles. The molecule has 1 saturated heterocycles. The summed E-state index contributed by atoms with van der Waals surface area (Å²) in [6, 6.07) is -1.75. The van der Waals surface area contributed by atoms with Crippen LogP contribution in [0.2, 0.25) is 0 Å². The fourth-order valence-corrected chi connectivity index (χ4v) is 5.98. The average molecular weight is 837 g/mol. The Morgan fingerprint density at radius 2 is 1.47 bits per heavy atom. The normalized spacial score (nSPS) is 17.3. The van der Waals surface area contributed by atoms with Gasteiger partial charge in [-0.2, -0.15) is 0 Å². The van der Waals surface area contributed by atoms with Crippen molar-refractivity contribution in [3.8, 4) is 0 Å². The molecule has 1 aliphatic rings. The number of carbonyl (C=O) groups is 7. The van der Waals surface area contributed by atoms with Crippen LogP contribution in [0.4, 0.5) is 0 Å². The van der Waals surface area contributed by atoms with Gasteiger partial charge in [-0.05, 0) is 32.7 Å². The second-order valence-corrected chi connectivity index (χ2v) is 13.8. The number of carboxylic acids is 3. The minimum Gasteiger partial charge on any atom is -0.480 e. The van der Waals surface area contributed by atoms with Crippen LogP contribution in [0.1, 0.15) is 39.0 Å². The SMILES string of the molecule is CC1(N(CC=O)CC(=O)O)CN(CC(=O)O)CCN(C(CCC(=O)NCCOCCOCC(=O)NCCOCCOCOCNCCCCC(N)C(N)=O)C(=O)O)C1. The lowest BCUT2D eigenvalue weighted by Gasteiger charge is -2.43. The van der Waals surface area contributed by atoms with Crippen LogP contribution >= 0.6 is 0 Å². The topological polar surface area (TPSA) is 324 Å². The molecular formula is C35H64N8O15. The lowest BCUT2D eigenvalue weighted by Crippen LogP contribution is -2.60. The van der Waals surface area contributed by atoms with Crippen molar-refractivity contribution >= 4 is 41.9 Å². The van der Waals surface area contributed by atoms with Crippen LogP contribution in [0.25, 0.3) is 0 Å². The molecule has 23 nitrogen and oxygen atoms in total. The lowest BCUT2D eigenvalue weighted by molar-refractivity contribution is -0.146. The van der Waals surface area contributed by atoms with Gasteiger partial charge in [0, 0.05) is 51.2 Å². The molecule has 58 heavy (non-hydrogen) atoms. The number of aldehydes is 1. The highest BCUT2D eigenvalue weighted by Gasteiger charge is 2.42. The van der Waals surface area contributed by atoms with Crippen LogP contribution in [0.5, 0.6) is 0 Å². The Balaban J connectivity index is 2.19. The van der Waals surface area contributed by atoms with E-state index in [1.807, 2.05) is 0 Å². The van der Waals surface area contributed by atoms with Crippen molar-refractivity contribution in [2.45, 2.75) is 56.7 Å². The van der Waals surface area contributed by atoms with Gasteiger partial charge < -0.3 is 65.9 Å². The van der Waals surface area contributed by atoms with E-state index in [2.05, 4.69) is 16.0 Å². The third kappa shape index (κ3) is 24.8. The third-order valence-corrected chi connectivity index (χ3v) is 8.89.